The first-order valence-corrected chi connectivity index (χ1v) is 9.90. The number of Topliss-reactive ketones (excluding diaryl/α,β-unsaturated/α-hetero) is 1. The molecule has 1 heterocycles. The van der Waals surface area contributed by atoms with Crippen LogP contribution in [0.25, 0.3) is 5.76 Å². The number of carbonyl (C=O) groups is 2. The SMILES string of the molecule is COc1ccc(/C(O)=C2\C(=O)C(=O)N(c3ccccc3O)C2c2ccccc2F)cc1Cl. The van der Waals surface area contributed by atoms with Gasteiger partial charge in [-0.25, -0.2) is 4.39 Å². The topological polar surface area (TPSA) is 87.1 Å². The zero-order chi connectivity index (χ0) is 23.0. The second-order valence-electron chi connectivity index (χ2n) is 7.03. The van der Waals surface area contributed by atoms with Gasteiger partial charge in [0.05, 0.1) is 29.4 Å². The van der Waals surface area contributed by atoms with E-state index in [-0.39, 0.29) is 33.2 Å². The van der Waals surface area contributed by atoms with Gasteiger partial charge in [0.25, 0.3) is 11.7 Å². The average Bonchev–Trinajstić information content (AvgIpc) is 3.04. The Morgan fingerprint density at radius 2 is 1.75 bits per heavy atom. The number of benzene rings is 3. The summed E-state index contributed by atoms with van der Waals surface area (Å²) in [4.78, 5) is 27.0. The van der Waals surface area contributed by atoms with Gasteiger partial charge in [-0.05, 0) is 36.4 Å². The molecule has 0 spiro atoms. The molecule has 1 aliphatic heterocycles. The van der Waals surface area contributed by atoms with Gasteiger partial charge in [0.2, 0.25) is 0 Å². The zero-order valence-corrected chi connectivity index (χ0v) is 17.5. The van der Waals surface area contributed by atoms with Gasteiger partial charge < -0.3 is 14.9 Å². The van der Waals surface area contributed by atoms with Crippen LogP contribution in [0.2, 0.25) is 5.02 Å². The minimum absolute atomic E-state index is 0.00895. The summed E-state index contributed by atoms with van der Waals surface area (Å²) in [5.74, 6) is -3.17. The number of nitrogens with zero attached hydrogens (tertiary/aromatic N) is 1. The Balaban J connectivity index is 1.98. The normalized spacial score (nSPS) is 17.6. The molecule has 8 heteroatoms. The van der Waals surface area contributed by atoms with Crippen LogP contribution >= 0.6 is 11.6 Å². The summed E-state index contributed by atoms with van der Waals surface area (Å²) >= 11 is 6.16. The van der Waals surface area contributed by atoms with Gasteiger partial charge in [-0.15, -0.1) is 0 Å². The van der Waals surface area contributed by atoms with Gasteiger partial charge in [0, 0.05) is 11.1 Å². The Hall–Kier alpha value is -3.84. The van der Waals surface area contributed by atoms with Crippen LogP contribution in [0.15, 0.2) is 72.3 Å². The van der Waals surface area contributed by atoms with Crippen molar-refractivity contribution in [2.75, 3.05) is 12.0 Å². The molecule has 32 heavy (non-hydrogen) atoms. The molecule has 1 unspecified atom stereocenters. The molecule has 1 fully saturated rings. The Kier molecular flexibility index (Phi) is 5.59. The van der Waals surface area contributed by atoms with Crippen LogP contribution in [-0.4, -0.2) is 29.0 Å². The lowest BCUT2D eigenvalue weighted by Gasteiger charge is -2.26. The van der Waals surface area contributed by atoms with E-state index in [1.807, 2.05) is 0 Å². The molecular formula is C24H17ClFNO5. The van der Waals surface area contributed by atoms with E-state index in [4.69, 9.17) is 16.3 Å². The predicted molar refractivity (Wildman–Crippen MR) is 117 cm³/mol. The standard InChI is InChI=1S/C24H17ClFNO5/c1-32-19-11-10-13(12-15(19)25)22(29)20-21(14-6-2-3-7-16(14)26)27(24(31)23(20)30)17-8-4-5-9-18(17)28/h2-12,21,28-29H,1H3/b22-20+. The molecule has 3 aromatic carbocycles. The molecule has 1 saturated heterocycles. The van der Waals surface area contributed by atoms with Gasteiger partial charge in [0.15, 0.2) is 0 Å². The molecule has 4 rings (SSSR count). The number of phenolic OH excluding ortho intramolecular Hbond substituents is 1. The van der Waals surface area contributed by atoms with Crippen molar-refractivity contribution in [3.8, 4) is 11.5 Å². The highest BCUT2D eigenvalue weighted by atomic mass is 35.5. The first-order valence-electron chi connectivity index (χ1n) is 9.52. The molecule has 1 amide bonds. The molecule has 162 valence electrons. The van der Waals surface area contributed by atoms with E-state index >= 15 is 0 Å². The second-order valence-corrected chi connectivity index (χ2v) is 7.44. The van der Waals surface area contributed by atoms with Gasteiger partial charge >= 0.3 is 0 Å². The van der Waals surface area contributed by atoms with E-state index in [0.29, 0.717) is 5.75 Å². The summed E-state index contributed by atoms with van der Waals surface area (Å²) in [6.07, 6.45) is 0. The number of ether oxygens (including phenoxy) is 1. The van der Waals surface area contributed by atoms with E-state index in [0.717, 1.165) is 4.90 Å². The molecular weight excluding hydrogens is 437 g/mol. The number of amides is 1. The monoisotopic (exact) mass is 453 g/mol. The van der Waals surface area contributed by atoms with Gasteiger partial charge in [-0.1, -0.05) is 41.9 Å². The maximum atomic E-state index is 14.8. The van der Waals surface area contributed by atoms with Crippen LogP contribution in [0.4, 0.5) is 10.1 Å². The number of para-hydroxylation sites is 2. The largest absolute Gasteiger partial charge is 0.507 e. The van der Waals surface area contributed by atoms with Crippen LogP contribution in [0.1, 0.15) is 17.2 Å². The third-order valence-electron chi connectivity index (χ3n) is 5.21. The van der Waals surface area contributed by atoms with E-state index in [2.05, 4.69) is 0 Å². The van der Waals surface area contributed by atoms with Crippen molar-refractivity contribution in [2.24, 2.45) is 0 Å². The third kappa shape index (κ3) is 3.46. The number of phenols is 1. The average molecular weight is 454 g/mol. The number of hydrogen-bond acceptors (Lipinski definition) is 5. The maximum Gasteiger partial charge on any atom is 0.300 e. The minimum atomic E-state index is -1.31. The molecule has 0 aromatic heterocycles. The number of ketones is 1. The lowest BCUT2D eigenvalue weighted by atomic mass is 9.94. The molecule has 0 bridgehead atoms. The Morgan fingerprint density at radius 3 is 2.41 bits per heavy atom. The lowest BCUT2D eigenvalue weighted by molar-refractivity contribution is -0.132. The number of rotatable bonds is 4. The van der Waals surface area contributed by atoms with E-state index < -0.39 is 29.3 Å². The lowest BCUT2D eigenvalue weighted by Crippen LogP contribution is -2.29. The maximum absolute atomic E-state index is 14.8. The Morgan fingerprint density at radius 1 is 1.06 bits per heavy atom. The zero-order valence-electron chi connectivity index (χ0n) is 16.8. The van der Waals surface area contributed by atoms with E-state index in [1.165, 1.54) is 55.6 Å². The van der Waals surface area contributed by atoms with Crippen LogP contribution in [-0.2, 0) is 9.59 Å². The number of halogens is 2. The van der Waals surface area contributed by atoms with E-state index in [9.17, 15) is 24.2 Å². The smallest absolute Gasteiger partial charge is 0.300 e. The first kappa shape index (κ1) is 21.4. The number of aromatic hydroxyl groups is 1. The van der Waals surface area contributed by atoms with Crippen LogP contribution < -0.4 is 9.64 Å². The summed E-state index contributed by atoms with van der Waals surface area (Å²) in [6.45, 7) is 0. The van der Waals surface area contributed by atoms with Crippen molar-refractivity contribution in [3.05, 3.63) is 94.3 Å². The highest BCUT2D eigenvalue weighted by Gasteiger charge is 2.48. The molecule has 1 atom stereocenters. The summed E-state index contributed by atoms with van der Waals surface area (Å²) in [7, 11) is 1.43. The highest BCUT2D eigenvalue weighted by Crippen LogP contribution is 2.45. The van der Waals surface area contributed by atoms with Crippen molar-refractivity contribution in [1.82, 2.24) is 0 Å². The number of anilines is 1. The molecule has 6 nitrogen and oxygen atoms in total. The highest BCUT2D eigenvalue weighted by molar-refractivity contribution is 6.52. The Labute approximate surface area is 187 Å². The van der Waals surface area contributed by atoms with Crippen molar-refractivity contribution in [1.29, 1.82) is 0 Å². The fraction of sp³-hybridized carbons (Fsp3) is 0.0833. The molecule has 0 aliphatic carbocycles. The Bertz CT molecular complexity index is 1270. The number of carbonyl (C=O) groups excluding carboxylic acids is 2. The molecule has 1 aliphatic rings. The first-order chi connectivity index (χ1) is 15.3. The number of methoxy groups -OCH3 is 1. The van der Waals surface area contributed by atoms with Crippen molar-refractivity contribution in [2.45, 2.75) is 6.04 Å². The molecule has 2 N–H and O–H groups in total. The van der Waals surface area contributed by atoms with Crippen LogP contribution in [0, 0.1) is 5.82 Å². The predicted octanol–water partition coefficient (Wildman–Crippen LogP) is 4.82. The quantitative estimate of drug-likeness (QED) is 0.336. The van der Waals surface area contributed by atoms with Crippen molar-refractivity contribution in [3.63, 3.8) is 0 Å². The summed E-state index contributed by atoms with van der Waals surface area (Å²) < 4.78 is 19.9. The summed E-state index contributed by atoms with van der Waals surface area (Å²) in [5, 5.41) is 21.6. The molecule has 0 radical (unpaired) electrons. The van der Waals surface area contributed by atoms with E-state index in [1.54, 1.807) is 18.2 Å². The van der Waals surface area contributed by atoms with Crippen molar-refractivity contribution >= 4 is 34.7 Å². The molecule has 3 aromatic rings. The second kappa shape index (κ2) is 8.36. The minimum Gasteiger partial charge on any atom is -0.507 e. The van der Waals surface area contributed by atoms with Crippen LogP contribution in [0.5, 0.6) is 11.5 Å². The van der Waals surface area contributed by atoms with Crippen molar-refractivity contribution < 1.29 is 28.9 Å². The number of hydrogen-bond donors (Lipinski definition) is 2. The number of aliphatic hydroxyl groups is 1. The third-order valence-corrected chi connectivity index (χ3v) is 5.51. The molecule has 0 saturated carbocycles. The number of aliphatic hydroxyl groups excluding tert-OH is 1. The fourth-order valence-electron chi connectivity index (χ4n) is 3.71. The summed E-state index contributed by atoms with van der Waals surface area (Å²) in [5.41, 5.74) is -0.192. The van der Waals surface area contributed by atoms with Gasteiger partial charge in [-0.3, -0.25) is 14.5 Å². The summed E-state index contributed by atoms with van der Waals surface area (Å²) in [6, 6.07) is 14.5. The van der Waals surface area contributed by atoms with Gasteiger partial charge in [-0.2, -0.15) is 0 Å². The van der Waals surface area contributed by atoms with Crippen LogP contribution in [0.3, 0.4) is 0 Å². The fourth-order valence-corrected chi connectivity index (χ4v) is 3.97. The van der Waals surface area contributed by atoms with Gasteiger partial charge in [0.1, 0.15) is 23.1 Å².